The van der Waals surface area contributed by atoms with Gasteiger partial charge in [0, 0.05) is 0 Å². The Morgan fingerprint density at radius 1 is 0.324 bits per heavy atom. The van der Waals surface area contributed by atoms with E-state index in [1.165, 1.54) is 41.5 Å². The third-order valence-corrected chi connectivity index (χ3v) is 2.14. The van der Waals surface area contributed by atoms with Crippen LogP contribution in [0.3, 0.4) is 0 Å². The summed E-state index contributed by atoms with van der Waals surface area (Å²) in [6.07, 6.45) is -7.39. The summed E-state index contributed by atoms with van der Waals surface area (Å²) in [5, 5.41) is 94.6. The molecule has 0 aromatic heterocycles. The second kappa shape index (κ2) is 31.6. The van der Waals surface area contributed by atoms with E-state index in [2.05, 4.69) is 0 Å². The van der Waals surface area contributed by atoms with Crippen molar-refractivity contribution in [3.8, 4) is 0 Å². The Hall–Kier alpha value is -2.42. The molecule has 0 radical (unpaired) electrons. The summed E-state index contributed by atoms with van der Waals surface area (Å²) < 4.78 is 0. The second-order valence-electron chi connectivity index (χ2n) is 6.09. The second-order valence-corrected chi connectivity index (χ2v) is 6.09. The van der Waals surface area contributed by atoms with Crippen molar-refractivity contribution in [3.05, 3.63) is 0 Å². The Bertz CT molecular complexity index is 489. The van der Waals surface area contributed by atoms with Crippen molar-refractivity contribution in [1.82, 2.24) is 0 Å². The Balaban J connectivity index is -0.0000000581. The molecule has 0 rings (SSSR count). The molecule has 0 aromatic rings. The first-order valence-electron chi connectivity index (χ1n) is 9.31. The molecule has 0 aliphatic heterocycles. The predicted octanol–water partition coefficient (Wildman–Crippen LogP) is -3.94. The van der Waals surface area contributed by atoms with Gasteiger partial charge in [-0.25, -0.2) is 28.8 Å². The van der Waals surface area contributed by atoms with E-state index in [0.29, 0.717) is 0 Å². The Labute approximate surface area is 233 Å². The predicted molar refractivity (Wildman–Crippen MR) is 123 cm³/mol. The van der Waals surface area contributed by atoms with Crippen molar-refractivity contribution in [2.24, 2.45) is 0 Å². The van der Waals surface area contributed by atoms with Gasteiger partial charge in [0.15, 0.2) is 0 Å². The number of aliphatic hydroxyl groups excluding tert-OH is 6. The van der Waals surface area contributed by atoms with E-state index < -0.39 is 72.4 Å². The van der Waals surface area contributed by atoms with Crippen LogP contribution in [0.5, 0.6) is 0 Å². The van der Waals surface area contributed by atoms with Gasteiger partial charge in [0.05, 0.1) is 0 Å². The number of aliphatic carboxylic acids is 6. The first-order valence-corrected chi connectivity index (χ1v) is 9.31. The van der Waals surface area contributed by atoms with Crippen LogP contribution in [-0.2, 0) is 28.8 Å². The molecule has 6 atom stereocenters. The number of aliphatic hydroxyl groups is 6. The van der Waals surface area contributed by atoms with Crippen molar-refractivity contribution in [1.29, 1.82) is 0 Å². The normalized spacial score (nSPS) is 13.3. The third-order valence-electron chi connectivity index (χ3n) is 2.14. The van der Waals surface area contributed by atoms with E-state index in [1.54, 1.807) is 0 Å². The molecule has 0 amide bonds. The van der Waals surface area contributed by atoms with Crippen LogP contribution in [-0.4, -0.2) is 163 Å². The van der Waals surface area contributed by atoms with Crippen molar-refractivity contribution in [2.75, 3.05) is 0 Å². The van der Waals surface area contributed by atoms with Crippen molar-refractivity contribution in [3.63, 3.8) is 0 Å². The maximum absolute atomic E-state index is 9.45. The van der Waals surface area contributed by atoms with Gasteiger partial charge in [0.1, 0.15) is 36.6 Å². The minimum atomic E-state index is -1.23. The summed E-state index contributed by atoms with van der Waals surface area (Å²) in [6.45, 7) is 7.18. The fourth-order valence-corrected chi connectivity index (χ4v) is 0. The SMILES string of the molecule is CC(O)C(=O)O.CC(O)C(=O)O.CC(O)C(=O)O.CC(O)C(=O)O.CC(O)C(=O)O.CC(O)C(=O)O.[NaH]. The molecule has 0 fully saturated rings. The van der Waals surface area contributed by atoms with Crippen LogP contribution in [0, 0.1) is 0 Å². The van der Waals surface area contributed by atoms with Gasteiger partial charge in [-0.05, 0) is 41.5 Å². The van der Waals surface area contributed by atoms with Gasteiger partial charge in [-0.15, -0.1) is 0 Å². The Morgan fingerprint density at radius 2 is 0.351 bits per heavy atom. The number of rotatable bonds is 6. The van der Waals surface area contributed by atoms with Gasteiger partial charge >= 0.3 is 65.4 Å². The zero-order valence-electron chi connectivity index (χ0n) is 20.3. The topological polar surface area (TPSA) is 345 Å². The van der Waals surface area contributed by atoms with Gasteiger partial charge in [-0.3, -0.25) is 0 Å². The number of carboxylic acids is 6. The Kier molecular flexibility index (Phi) is 43.8. The molecule has 12 N–H and O–H groups in total. The first kappa shape index (κ1) is 51.3. The number of carboxylic acid groups (broad SMARTS) is 6. The molecule has 19 heteroatoms. The van der Waals surface area contributed by atoms with Gasteiger partial charge < -0.3 is 61.3 Å². The minimum absolute atomic E-state index is 0. The van der Waals surface area contributed by atoms with E-state index in [4.69, 9.17) is 61.3 Å². The summed E-state index contributed by atoms with van der Waals surface area (Å²) in [7, 11) is 0. The number of hydrogen-bond donors (Lipinski definition) is 12. The fourth-order valence-electron chi connectivity index (χ4n) is 0. The molecule has 0 spiro atoms. The third kappa shape index (κ3) is 71.9. The van der Waals surface area contributed by atoms with E-state index in [-0.39, 0.29) is 29.6 Å². The monoisotopic (exact) mass is 564 g/mol. The van der Waals surface area contributed by atoms with E-state index in [1.807, 2.05) is 0 Å². The van der Waals surface area contributed by atoms with Crippen LogP contribution in [0.15, 0.2) is 0 Å². The summed E-state index contributed by atoms with van der Waals surface area (Å²) in [4.78, 5) is 56.7. The molecule has 0 aromatic carbocycles. The van der Waals surface area contributed by atoms with Crippen molar-refractivity contribution >= 4 is 65.4 Å². The quantitative estimate of drug-likeness (QED) is 0.137. The first-order chi connectivity index (χ1) is 15.9. The zero-order chi connectivity index (χ0) is 30.9. The number of carbonyl (C=O) groups is 6. The van der Waals surface area contributed by atoms with Crippen LogP contribution < -0.4 is 0 Å². The molecular formula is C18H37NaO18. The van der Waals surface area contributed by atoms with Crippen molar-refractivity contribution < 1.29 is 90.0 Å². The average molecular weight is 564 g/mol. The fraction of sp³-hybridized carbons (Fsp3) is 0.667. The van der Waals surface area contributed by atoms with Crippen LogP contribution in [0.1, 0.15) is 41.5 Å². The van der Waals surface area contributed by atoms with Crippen LogP contribution in [0.4, 0.5) is 0 Å². The average Bonchev–Trinajstić information content (AvgIpc) is 2.69. The molecule has 0 saturated carbocycles. The molecule has 37 heavy (non-hydrogen) atoms. The van der Waals surface area contributed by atoms with E-state index in [0.717, 1.165) is 0 Å². The Morgan fingerprint density at radius 3 is 0.351 bits per heavy atom. The molecule has 0 heterocycles. The van der Waals surface area contributed by atoms with Crippen molar-refractivity contribution in [2.45, 2.75) is 78.2 Å². The molecule has 0 saturated heterocycles. The van der Waals surface area contributed by atoms with Crippen LogP contribution in [0.25, 0.3) is 0 Å². The molecule has 218 valence electrons. The molecule has 0 aliphatic rings. The molecule has 6 unspecified atom stereocenters. The molecule has 0 aliphatic carbocycles. The van der Waals surface area contributed by atoms with Crippen LogP contribution in [0.2, 0.25) is 0 Å². The standard InChI is InChI=1S/6C3H6O3.Na.H/c6*1-2(4)3(5)6;;/h6*2,4H,1H3,(H,5,6);;. The maximum atomic E-state index is 9.45. The molecular weight excluding hydrogens is 527 g/mol. The molecule has 18 nitrogen and oxygen atoms in total. The van der Waals surface area contributed by atoms with E-state index >= 15 is 0 Å². The summed E-state index contributed by atoms with van der Waals surface area (Å²) in [6, 6.07) is 0. The van der Waals surface area contributed by atoms with Gasteiger partial charge in [-0.1, -0.05) is 0 Å². The van der Waals surface area contributed by atoms with Gasteiger partial charge in [-0.2, -0.15) is 0 Å². The van der Waals surface area contributed by atoms with Gasteiger partial charge in [0.25, 0.3) is 0 Å². The van der Waals surface area contributed by atoms with Crippen LogP contribution >= 0.6 is 0 Å². The summed E-state index contributed by atoms with van der Waals surface area (Å²) >= 11 is 0. The van der Waals surface area contributed by atoms with E-state index in [9.17, 15) is 28.8 Å². The van der Waals surface area contributed by atoms with Gasteiger partial charge in [0.2, 0.25) is 0 Å². The summed E-state index contributed by atoms with van der Waals surface area (Å²) in [5.41, 5.74) is 0. The zero-order valence-corrected chi connectivity index (χ0v) is 20.3. The summed E-state index contributed by atoms with van der Waals surface area (Å²) in [5.74, 6) is -7.11. The molecule has 0 bridgehead atoms. The number of hydrogen-bond acceptors (Lipinski definition) is 12.